The predicted molar refractivity (Wildman–Crippen MR) is 106 cm³/mol. The number of benzene rings is 3. The van der Waals surface area contributed by atoms with Gasteiger partial charge in [-0.15, -0.1) is 9.24 Å². The summed E-state index contributed by atoms with van der Waals surface area (Å²) in [5.74, 6) is 1.11. The van der Waals surface area contributed by atoms with E-state index in [2.05, 4.69) is 9.24 Å². The van der Waals surface area contributed by atoms with Crippen LogP contribution in [0.3, 0.4) is 0 Å². The fourth-order valence-corrected chi connectivity index (χ4v) is 2.59. The molecule has 0 spiro atoms. The first-order valence-electron chi connectivity index (χ1n) is 7.22. The molecule has 3 nitrogen and oxygen atoms in total. The van der Waals surface area contributed by atoms with E-state index in [4.69, 9.17) is 21.1 Å². The van der Waals surface area contributed by atoms with Gasteiger partial charge in [-0.2, -0.15) is 0 Å². The van der Waals surface area contributed by atoms with Crippen LogP contribution in [0.1, 0.15) is 10.4 Å². The van der Waals surface area contributed by atoms with Gasteiger partial charge in [0.15, 0.2) is 0 Å². The van der Waals surface area contributed by atoms with Crippen molar-refractivity contribution in [1.29, 1.82) is 0 Å². The van der Waals surface area contributed by atoms with Crippen LogP contribution in [0.15, 0.2) is 72.8 Å². The zero-order valence-electron chi connectivity index (χ0n) is 12.6. The normalized spacial score (nSPS) is 9.84. The van der Waals surface area contributed by atoms with Gasteiger partial charge in [0.2, 0.25) is 0 Å². The van der Waals surface area contributed by atoms with Gasteiger partial charge in [0.1, 0.15) is 17.2 Å². The fourth-order valence-electron chi connectivity index (χ4n) is 2.10. The van der Waals surface area contributed by atoms with E-state index in [9.17, 15) is 4.79 Å². The van der Waals surface area contributed by atoms with E-state index >= 15 is 0 Å². The Morgan fingerprint density at radius 1 is 0.840 bits per heavy atom. The van der Waals surface area contributed by atoms with Gasteiger partial charge in [0, 0.05) is 11.4 Å². The molecule has 0 aliphatic carbocycles. The number of carbonyl (C=O) groups is 1. The Morgan fingerprint density at radius 2 is 1.40 bits per heavy atom. The molecule has 0 aliphatic heterocycles. The Balaban J connectivity index is 0.00000225. The molecule has 25 heavy (non-hydrogen) atoms. The Hall–Kier alpha value is -1.75. The zero-order chi connectivity index (χ0) is 16.9. The minimum absolute atomic E-state index is 0. The summed E-state index contributed by atoms with van der Waals surface area (Å²) in [5.41, 5.74) is 0.335. The van der Waals surface area contributed by atoms with E-state index in [1.54, 1.807) is 36.4 Å². The molecule has 0 heterocycles. The number of hydrogen-bond donors (Lipinski definition) is 0. The number of carbonyl (C=O) groups excluding carboxylic acids is 1. The number of esters is 1. The van der Waals surface area contributed by atoms with E-state index in [0.717, 1.165) is 0 Å². The molecule has 0 fully saturated rings. The van der Waals surface area contributed by atoms with Crippen LogP contribution in [0.2, 0.25) is 5.02 Å². The van der Waals surface area contributed by atoms with Crippen molar-refractivity contribution in [3.63, 3.8) is 0 Å². The molecule has 3 aromatic carbocycles. The van der Waals surface area contributed by atoms with Crippen molar-refractivity contribution in [3.05, 3.63) is 83.4 Å². The van der Waals surface area contributed by atoms with Crippen LogP contribution >= 0.6 is 20.8 Å². The van der Waals surface area contributed by atoms with Crippen LogP contribution in [0, 0.1) is 0 Å². The summed E-state index contributed by atoms with van der Waals surface area (Å²) in [6.45, 7) is 0. The summed E-state index contributed by atoms with van der Waals surface area (Å²) < 4.78 is 11.1. The topological polar surface area (TPSA) is 35.5 Å². The third-order valence-electron chi connectivity index (χ3n) is 3.26. The van der Waals surface area contributed by atoms with Crippen LogP contribution in [-0.2, 0) is 0 Å². The first kappa shape index (κ1) is 19.6. The Bertz CT molecular complexity index is 857. The zero-order valence-corrected chi connectivity index (χ0v) is 14.5. The molecule has 0 amide bonds. The molecule has 122 valence electrons. The average molecular weight is 365 g/mol. The molecule has 3 aromatic rings. The van der Waals surface area contributed by atoms with Crippen LogP contribution in [0.25, 0.3) is 0 Å². The van der Waals surface area contributed by atoms with Gasteiger partial charge < -0.3 is 9.47 Å². The molecule has 0 N–H and O–H groups in total. The van der Waals surface area contributed by atoms with E-state index in [1.807, 2.05) is 36.4 Å². The van der Waals surface area contributed by atoms with E-state index in [0.29, 0.717) is 33.1 Å². The van der Waals surface area contributed by atoms with Gasteiger partial charge >= 0.3 is 24.8 Å². The molecular weight excluding hydrogens is 350 g/mol. The second-order valence-corrected chi connectivity index (χ2v) is 5.97. The van der Waals surface area contributed by atoms with Crippen molar-refractivity contribution in [3.8, 4) is 17.2 Å². The average Bonchev–Trinajstić information content (AvgIpc) is 2.59. The van der Waals surface area contributed by atoms with Crippen molar-refractivity contribution < 1.29 is 14.3 Å². The molecule has 6 heteroatoms. The maximum atomic E-state index is 12.4. The van der Waals surface area contributed by atoms with Crippen molar-refractivity contribution in [2.75, 3.05) is 0 Å². The molecular formula is C19H15ClLiO3P. The number of ether oxygens (including phenoxy) is 2. The van der Waals surface area contributed by atoms with Crippen molar-refractivity contribution in [2.45, 2.75) is 0 Å². The Kier molecular flexibility index (Phi) is 7.11. The number of para-hydroxylation sites is 2. The molecule has 0 saturated carbocycles. The first-order chi connectivity index (χ1) is 11.6. The van der Waals surface area contributed by atoms with E-state index in [-0.39, 0.29) is 18.9 Å². The second-order valence-electron chi connectivity index (χ2n) is 4.98. The molecule has 3 rings (SSSR count). The maximum absolute atomic E-state index is 12.4. The van der Waals surface area contributed by atoms with Gasteiger partial charge in [-0.25, -0.2) is 4.79 Å². The molecule has 0 bridgehead atoms. The van der Waals surface area contributed by atoms with E-state index in [1.165, 1.54) is 0 Å². The summed E-state index contributed by atoms with van der Waals surface area (Å²) >= 11 is 6.22. The van der Waals surface area contributed by atoms with Crippen LogP contribution in [0.5, 0.6) is 17.2 Å². The second kappa shape index (κ2) is 9.09. The van der Waals surface area contributed by atoms with Crippen molar-refractivity contribution in [2.24, 2.45) is 0 Å². The van der Waals surface area contributed by atoms with Gasteiger partial charge in [0.25, 0.3) is 0 Å². The van der Waals surface area contributed by atoms with Gasteiger partial charge in [-0.1, -0.05) is 48.0 Å². The van der Waals surface area contributed by atoms with Crippen molar-refractivity contribution in [1.82, 2.24) is 0 Å². The van der Waals surface area contributed by atoms with Gasteiger partial charge in [-0.05, 0) is 30.3 Å². The number of rotatable bonds is 4. The molecule has 0 radical (unpaired) electrons. The summed E-state index contributed by atoms with van der Waals surface area (Å²) in [6, 6.07) is 21.4. The van der Waals surface area contributed by atoms with Crippen LogP contribution in [0.4, 0.5) is 0 Å². The van der Waals surface area contributed by atoms with Crippen LogP contribution < -0.4 is 14.8 Å². The SMILES string of the molecule is O=C(Oc1ccccc1)c1cc(Oc2ccccc2)cc(Cl)c1P.[LiH]. The summed E-state index contributed by atoms with van der Waals surface area (Å²) in [4.78, 5) is 12.4. The number of halogens is 1. The third-order valence-corrected chi connectivity index (χ3v) is 4.37. The number of hydrogen-bond acceptors (Lipinski definition) is 3. The molecule has 0 aromatic heterocycles. The van der Waals surface area contributed by atoms with E-state index < -0.39 is 5.97 Å². The van der Waals surface area contributed by atoms with Crippen molar-refractivity contribution >= 4 is 51.0 Å². The summed E-state index contributed by atoms with van der Waals surface area (Å²) in [5, 5.41) is 0.978. The van der Waals surface area contributed by atoms with Crippen LogP contribution in [-0.4, -0.2) is 24.8 Å². The summed E-state index contributed by atoms with van der Waals surface area (Å²) in [7, 11) is 2.46. The Labute approximate surface area is 165 Å². The quantitative estimate of drug-likeness (QED) is 0.301. The standard InChI is InChI=1S/C19H14ClO3P.Li.H/c20-17-12-15(22-13-7-3-1-4-8-13)11-16(18(17)24)19(21)23-14-9-5-2-6-10-14;;/h1-12H,24H2;;. The van der Waals surface area contributed by atoms with Gasteiger partial charge in [0.05, 0.1) is 10.6 Å². The third kappa shape index (κ3) is 5.11. The monoisotopic (exact) mass is 364 g/mol. The molecule has 1 unspecified atom stereocenters. The molecule has 0 saturated heterocycles. The predicted octanol–water partition coefficient (Wildman–Crippen LogP) is 4.20. The first-order valence-corrected chi connectivity index (χ1v) is 8.18. The molecule has 1 atom stereocenters. The summed E-state index contributed by atoms with van der Waals surface area (Å²) in [6.07, 6.45) is 0. The molecule has 0 aliphatic rings. The fraction of sp³-hybridized carbons (Fsp3) is 0. The van der Waals surface area contributed by atoms with Gasteiger partial charge in [-0.3, -0.25) is 0 Å². The Morgan fingerprint density at radius 3 is 2.00 bits per heavy atom. The minimum atomic E-state index is -0.494.